The second-order valence-electron chi connectivity index (χ2n) is 12.0. The first-order valence-corrected chi connectivity index (χ1v) is 16.2. The van der Waals surface area contributed by atoms with E-state index in [9.17, 15) is 9.18 Å². The number of carbonyl (C=O) groups is 1. The molecule has 2 aromatic carbocycles. The minimum atomic E-state index is -0.405. The fraction of sp³-hybridized carbons (Fsp3) is 0.257. The van der Waals surface area contributed by atoms with Crippen molar-refractivity contribution in [2.75, 3.05) is 25.0 Å². The summed E-state index contributed by atoms with van der Waals surface area (Å²) in [7, 11) is 0. The van der Waals surface area contributed by atoms with Crippen LogP contribution in [-0.4, -0.2) is 66.0 Å². The maximum atomic E-state index is 14.2. The number of nitrogens with zero attached hydrogens (tertiary/aromatic N) is 6. The molecule has 0 spiro atoms. The Kier molecular flexibility index (Phi) is 8.12. The SMILES string of the molecule is O=C(Nc1cnn2[nH]ccc12)c1ccc2c(c1)nc(CN1CC=C(c3cccc(OCc4ccc(Cl)cc4F)n3)CC1)n2C[C@@H]1CCO1. The van der Waals surface area contributed by atoms with Crippen LogP contribution >= 0.6 is 11.6 Å². The molecule has 0 saturated carbocycles. The van der Waals surface area contributed by atoms with E-state index in [-0.39, 0.29) is 18.6 Å². The predicted octanol–water partition coefficient (Wildman–Crippen LogP) is 6.11. The summed E-state index contributed by atoms with van der Waals surface area (Å²) in [5.74, 6) is 0.745. The van der Waals surface area contributed by atoms with E-state index in [2.05, 4.69) is 31.1 Å². The standard InChI is InChI=1S/C35H32ClFN8O3/c36-25-6-4-24(27(37)17-25)21-48-34-3-1-2-28(41-34)22-9-13-43(14-10-22)20-33-40-29-16-23(5-7-31(29)44(33)19-26-11-15-47-26)35(46)42-30-18-39-45-32(30)8-12-38-45/h1-9,12,16-18,26,38H,10-11,13-15,19-21H2,(H,42,46)/t26-/m0/s1. The number of ether oxygens (including phenoxy) is 2. The lowest BCUT2D eigenvalue weighted by Crippen LogP contribution is -2.33. The van der Waals surface area contributed by atoms with Gasteiger partial charge in [0.05, 0.1) is 47.8 Å². The highest BCUT2D eigenvalue weighted by Gasteiger charge is 2.24. The van der Waals surface area contributed by atoms with Crippen LogP contribution in [0.25, 0.3) is 22.1 Å². The lowest BCUT2D eigenvalue weighted by atomic mass is 10.0. The molecule has 0 aliphatic carbocycles. The fourth-order valence-corrected chi connectivity index (χ4v) is 6.29. The van der Waals surface area contributed by atoms with E-state index < -0.39 is 5.82 Å². The van der Waals surface area contributed by atoms with Crippen LogP contribution in [0, 0.1) is 5.82 Å². The molecule has 2 aliphatic heterocycles. The summed E-state index contributed by atoms with van der Waals surface area (Å²) >= 11 is 5.87. The molecule has 48 heavy (non-hydrogen) atoms. The van der Waals surface area contributed by atoms with Gasteiger partial charge in [-0.05, 0) is 60.9 Å². The summed E-state index contributed by atoms with van der Waals surface area (Å²) in [6.07, 6.45) is 7.55. The highest BCUT2D eigenvalue weighted by molar-refractivity contribution is 6.30. The molecule has 6 aromatic rings. The van der Waals surface area contributed by atoms with Gasteiger partial charge in [-0.25, -0.2) is 14.4 Å². The van der Waals surface area contributed by atoms with Gasteiger partial charge in [-0.15, -0.1) is 0 Å². The summed E-state index contributed by atoms with van der Waals surface area (Å²) in [6.45, 7) is 3.76. The molecule has 0 unspecified atom stereocenters. The van der Waals surface area contributed by atoms with Crippen molar-refractivity contribution in [2.24, 2.45) is 0 Å². The molecular formula is C35H32ClFN8O3. The average Bonchev–Trinajstić information content (AvgIpc) is 3.78. The number of fused-ring (bicyclic) bond motifs is 2. The molecule has 2 N–H and O–H groups in total. The number of hydrogen-bond acceptors (Lipinski definition) is 7. The zero-order valence-electron chi connectivity index (χ0n) is 25.9. The summed E-state index contributed by atoms with van der Waals surface area (Å²) in [4.78, 5) is 25.3. The minimum Gasteiger partial charge on any atom is -0.473 e. The van der Waals surface area contributed by atoms with Crippen molar-refractivity contribution in [3.05, 3.63) is 113 Å². The van der Waals surface area contributed by atoms with Gasteiger partial charge in [0, 0.05) is 48.1 Å². The monoisotopic (exact) mass is 666 g/mol. The predicted molar refractivity (Wildman–Crippen MR) is 179 cm³/mol. The van der Waals surface area contributed by atoms with Crippen molar-refractivity contribution in [1.82, 2.24) is 34.3 Å². The van der Waals surface area contributed by atoms with Crippen LogP contribution in [0.2, 0.25) is 5.02 Å². The number of nitrogens with one attached hydrogen (secondary N) is 2. The summed E-state index contributed by atoms with van der Waals surface area (Å²) in [5, 5.41) is 10.5. The highest BCUT2D eigenvalue weighted by atomic mass is 35.5. The third-order valence-electron chi connectivity index (χ3n) is 8.86. The van der Waals surface area contributed by atoms with Crippen molar-refractivity contribution in [2.45, 2.75) is 38.6 Å². The quantitative estimate of drug-likeness (QED) is 0.181. The molecule has 1 atom stereocenters. The first kappa shape index (κ1) is 30.3. The summed E-state index contributed by atoms with van der Waals surface area (Å²) in [5.41, 5.74) is 6.09. The van der Waals surface area contributed by atoms with E-state index >= 15 is 0 Å². The molecule has 6 heterocycles. The van der Waals surface area contributed by atoms with Crippen LogP contribution in [0.3, 0.4) is 0 Å². The number of carbonyl (C=O) groups excluding carboxylic acids is 1. The molecule has 11 nitrogen and oxygen atoms in total. The number of aromatic nitrogens is 6. The maximum Gasteiger partial charge on any atom is 0.255 e. The molecule has 0 bridgehead atoms. The zero-order valence-corrected chi connectivity index (χ0v) is 26.7. The fourth-order valence-electron chi connectivity index (χ4n) is 6.13. The van der Waals surface area contributed by atoms with Crippen LogP contribution < -0.4 is 10.1 Å². The number of rotatable bonds is 10. The van der Waals surface area contributed by atoms with Crippen molar-refractivity contribution in [3.8, 4) is 5.88 Å². The van der Waals surface area contributed by atoms with E-state index in [1.807, 2.05) is 36.4 Å². The number of halogens is 2. The van der Waals surface area contributed by atoms with Gasteiger partial charge in [0.15, 0.2) is 0 Å². The number of benzene rings is 2. The maximum absolute atomic E-state index is 14.2. The lowest BCUT2D eigenvalue weighted by molar-refractivity contribution is -0.0591. The Hall–Kier alpha value is -5.04. The number of amides is 1. The third kappa shape index (κ3) is 6.17. The van der Waals surface area contributed by atoms with Gasteiger partial charge in [0.2, 0.25) is 5.88 Å². The molecular weight excluding hydrogens is 635 g/mol. The van der Waals surface area contributed by atoms with Gasteiger partial charge in [-0.2, -0.15) is 9.73 Å². The van der Waals surface area contributed by atoms with Crippen LogP contribution in [-0.2, 0) is 24.4 Å². The Morgan fingerprint density at radius 1 is 1.12 bits per heavy atom. The Balaban J connectivity index is 0.967. The molecule has 0 radical (unpaired) electrons. The van der Waals surface area contributed by atoms with Crippen LogP contribution in [0.5, 0.6) is 5.88 Å². The normalized spacial score (nSPS) is 16.6. The summed E-state index contributed by atoms with van der Waals surface area (Å²) < 4.78 is 29.6. The van der Waals surface area contributed by atoms with Crippen molar-refractivity contribution >= 4 is 45.3 Å². The summed E-state index contributed by atoms with van der Waals surface area (Å²) in [6, 6.07) is 17.7. The van der Waals surface area contributed by atoms with E-state index in [0.717, 1.165) is 66.2 Å². The largest absolute Gasteiger partial charge is 0.473 e. The van der Waals surface area contributed by atoms with Crippen molar-refractivity contribution in [1.29, 1.82) is 0 Å². The van der Waals surface area contributed by atoms with Crippen molar-refractivity contribution in [3.63, 3.8) is 0 Å². The van der Waals surface area contributed by atoms with Crippen LogP contribution in [0.15, 0.2) is 79.1 Å². The van der Waals surface area contributed by atoms with Crippen LogP contribution in [0.4, 0.5) is 10.1 Å². The van der Waals surface area contributed by atoms with E-state index in [4.69, 9.17) is 31.0 Å². The molecule has 1 fully saturated rings. The van der Waals surface area contributed by atoms with Gasteiger partial charge in [-0.1, -0.05) is 29.8 Å². The molecule has 2 aliphatic rings. The van der Waals surface area contributed by atoms with Gasteiger partial charge >= 0.3 is 0 Å². The lowest BCUT2D eigenvalue weighted by Gasteiger charge is -2.29. The highest BCUT2D eigenvalue weighted by Crippen LogP contribution is 2.27. The zero-order chi connectivity index (χ0) is 32.6. The molecule has 8 rings (SSSR count). The first-order valence-electron chi connectivity index (χ1n) is 15.9. The Morgan fingerprint density at radius 2 is 2.04 bits per heavy atom. The minimum absolute atomic E-state index is 0.0627. The first-order chi connectivity index (χ1) is 23.5. The Morgan fingerprint density at radius 3 is 2.85 bits per heavy atom. The van der Waals surface area contributed by atoms with Gasteiger partial charge in [-0.3, -0.25) is 14.8 Å². The topological polar surface area (TPSA) is 115 Å². The second-order valence-corrected chi connectivity index (χ2v) is 12.4. The average molecular weight is 667 g/mol. The number of hydrogen-bond donors (Lipinski definition) is 2. The van der Waals surface area contributed by atoms with E-state index in [1.54, 1.807) is 35.2 Å². The molecule has 13 heteroatoms. The second kappa shape index (κ2) is 12.9. The third-order valence-corrected chi connectivity index (χ3v) is 9.10. The molecule has 4 aromatic heterocycles. The molecule has 1 saturated heterocycles. The van der Waals surface area contributed by atoms with Crippen molar-refractivity contribution < 1.29 is 18.7 Å². The van der Waals surface area contributed by atoms with Crippen LogP contribution in [0.1, 0.15) is 40.3 Å². The number of H-pyrrole nitrogens is 1. The van der Waals surface area contributed by atoms with Gasteiger partial charge in [0.25, 0.3) is 5.91 Å². The van der Waals surface area contributed by atoms with Gasteiger partial charge in [0.1, 0.15) is 23.8 Å². The molecule has 1 amide bonds. The number of aromatic amines is 1. The Labute approximate surface area is 279 Å². The Bertz CT molecular complexity index is 2170. The molecule has 244 valence electrons. The van der Waals surface area contributed by atoms with Gasteiger partial charge < -0.3 is 19.4 Å². The number of anilines is 1. The smallest absolute Gasteiger partial charge is 0.255 e. The van der Waals surface area contributed by atoms with E-state index in [0.29, 0.717) is 40.8 Å². The van der Waals surface area contributed by atoms with E-state index in [1.165, 1.54) is 6.07 Å². The number of imidazole rings is 1. The number of pyridine rings is 1.